The maximum absolute atomic E-state index is 12.8. The molecule has 29 heavy (non-hydrogen) atoms. The van der Waals surface area contributed by atoms with E-state index in [1.807, 2.05) is 0 Å². The zero-order chi connectivity index (χ0) is 21.2. The first kappa shape index (κ1) is 21.1. The first-order valence-electron chi connectivity index (χ1n) is 8.86. The van der Waals surface area contributed by atoms with Crippen molar-refractivity contribution in [2.24, 2.45) is 0 Å². The van der Waals surface area contributed by atoms with Crippen molar-refractivity contribution in [3.05, 3.63) is 54.1 Å². The van der Waals surface area contributed by atoms with Crippen LogP contribution in [0, 0.1) is 0 Å². The molecule has 1 aliphatic heterocycles. The van der Waals surface area contributed by atoms with Crippen LogP contribution in [0.25, 0.3) is 0 Å². The Morgan fingerprint density at radius 3 is 2.55 bits per heavy atom. The third-order valence-electron chi connectivity index (χ3n) is 4.82. The lowest BCUT2D eigenvalue weighted by atomic mass is 10.1. The quantitative estimate of drug-likeness (QED) is 0.736. The van der Waals surface area contributed by atoms with E-state index in [4.69, 9.17) is 4.74 Å². The summed E-state index contributed by atoms with van der Waals surface area (Å²) in [6, 6.07) is 11.8. The molecular formula is C19H22N2O6S2. The van der Waals surface area contributed by atoms with Crippen molar-refractivity contribution in [1.82, 2.24) is 4.90 Å². The van der Waals surface area contributed by atoms with Crippen LogP contribution in [0.5, 0.6) is 5.75 Å². The number of nitrogens with one attached hydrogen (secondary N) is 1. The first-order chi connectivity index (χ1) is 13.6. The highest BCUT2D eigenvalue weighted by molar-refractivity contribution is 7.92. The Morgan fingerprint density at radius 1 is 1.17 bits per heavy atom. The molecule has 1 amide bonds. The predicted molar refractivity (Wildman–Crippen MR) is 109 cm³/mol. The van der Waals surface area contributed by atoms with E-state index in [1.165, 1.54) is 43.3 Å². The second-order valence-electron chi connectivity index (χ2n) is 6.81. The average molecular weight is 439 g/mol. The summed E-state index contributed by atoms with van der Waals surface area (Å²) in [5.74, 6) is -0.0957. The number of sulfonamides is 1. The van der Waals surface area contributed by atoms with Crippen LogP contribution in [0.3, 0.4) is 0 Å². The van der Waals surface area contributed by atoms with Crippen molar-refractivity contribution in [1.29, 1.82) is 0 Å². The van der Waals surface area contributed by atoms with Crippen molar-refractivity contribution < 1.29 is 26.4 Å². The number of nitrogens with zero attached hydrogens (tertiary/aromatic N) is 1. The Hall–Kier alpha value is -2.59. The molecule has 10 heteroatoms. The molecular weight excluding hydrogens is 416 g/mol. The zero-order valence-electron chi connectivity index (χ0n) is 16.0. The molecule has 0 radical (unpaired) electrons. The number of sulfone groups is 1. The van der Waals surface area contributed by atoms with Gasteiger partial charge in [0, 0.05) is 18.7 Å². The fraction of sp³-hybridized carbons (Fsp3) is 0.316. The largest absolute Gasteiger partial charge is 0.495 e. The van der Waals surface area contributed by atoms with Crippen LogP contribution in [0.4, 0.5) is 5.69 Å². The Morgan fingerprint density at radius 2 is 1.90 bits per heavy atom. The van der Waals surface area contributed by atoms with Crippen molar-refractivity contribution in [3.63, 3.8) is 0 Å². The fourth-order valence-electron chi connectivity index (χ4n) is 3.18. The second-order valence-corrected chi connectivity index (χ2v) is 10.7. The highest BCUT2D eigenvalue weighted by Crippen LogP contribution is 2.26. The zero-order valence-corrected chi connectivity index (χ0v) is 17.7. The van der Waals surface area contributed by atoms with Crippen LogP contribution in [-0.4, -0.2) is 59.3 Å². The average Bonchev–Trinajstić information content (AvgIpc) is 3.07. The molecule has 1 atom stereocenters. The van der Waals surface area contributed by atoms with Crippen LogP contribution in [-0.2, 0) is 19.9 Å². The summed E-state index contributed by atoms with van der Waals surface area (Å²) in [7, 11) is -4.14. The number of carbonyl (C=O) groups excluding carboxylic acids is 1. The van der Waals surface area contributed by atoms with Crippen LogP contribution in [0.15, 0.2) is 53.4 Å². The minimum Gasteiger partial charge on any atom is -0.495 e. The molecule has 1 aliphatic rings. The predicted octanol–water partition coefficient (Wildman–Crippen LogP) is 1.76. The number of methoxy groups -OCH3 is 1. The van der Waals surface area contributed by atoms with Gasteiger partial charge in [0.25, 0.3) is 15.9 Å². The highest BCUT2D eigenvalue weighted by Gasteiger charge is 2.33. The molecule has 2 aromatic carbocycles. The molecule has 2 aromatic rings. The molecule has 0 bridgehead atoms. The van der Waals surface area contributed by atoms with Gasteiger partial charge in [0.1, 0.15) is 5.75 Å². The van der Waals surface area contributed by atoms with Gasteiger partial charge in [-0.3, -0.25) is 9.52 Å². The summed E-state index contributed by atoms with van der Waals surface area (Å²) in [5, 5.41) is 0. The maximum Gasteiger partial charge on any atom is 0.262 e. The summed E-state index contributed by atoms with van der Waals surface area (Å²) >= 11 is 0. The van der Waals surface area contributed by atoms with Gasteiger partial charge in [0.2, 0.25) is 0 Å². The number of rotatable bonds is 6. The first-order valence-corrected chi connectivity index (χ1v) is 12.2. The van der Waals surface area contributed by atoms with Crippen molar-refractivity contribution in [2.75, 3.05) is 30.4 Å². The Labute approximate surface area is 170 Å². The molecule has 0 aliphatic carbocycles. The minimum absolute atomic E-state index is 0.0481. The summed E-state index contributed by atoms with van der Waals surface area (Å²) in [5.41, 5.74) is 0.444. The van der Waals surface area contributed by atoms with E-state index in [1.54, 1.807) is 24.3 Å². The number of amides is 1. The molecule has 1 saturated heterocycles. The van der Waals surface area contributed by atoms with E-state index in [9.17, 15) is 21.6 Å². The third-order valence-corrected chi connectivity index (χ3v) is 7.93. The van der Waals surface area contributed by atoms with E-state index < -0.39 is 31.8 Å². The number of carbonyl (C=O) groups is 1. The monoisotopic (exact) mass is 438 g/mol. The van der Waals surface area contributed by atoms with E-state index in [0.29, 0.717) is 12.2 Å². The standard InChI is InChI=1S/C19H22N2O6S2/c1-21(15-10-11-28(23,24)13-15)19(22)14-6-5-7-16(12-14)29(25,26)20-17-8-3-4-9-18(17)27-2/h3-9,12,15,20H,10-11,13H2,1-2H3/t15-/m0/s1. The number of hydrogen-bond acceptors (Lipinski definition) is 6. The summed E-state index contributed by atoms with van der Waals surface area (Å²) in [6.45, 7) is 0. The lowest BCUT2D eigenvalue weighted by Gasteiger charge is -2.23. The van der Waals surface area contributed by atoms with Gasteiger partial charge in [-0.2, -0.15) is 0 Å². The van der Waals surface area contributed by atoms with Crippen LogP contribution in [0.1, 0.15) is 16.8 Å². The normalized spacial score (nSPS) is 18.2. The Bertz CT molecular complexity index is 1130. The molecule has 8 nitrogen and oxygen atoms in total. The summed E-state index contributed by atoms with van der Waals surface area (Å²) in [4.78, 5) is 14.1. The maximum atomic E-state index is 12.8. The van der Waals surface area contributed by atoms with Gasteiger partial charge in [-0.15, -0.1) is 0 Å². The van der Waals surface area contributed by atoms with Crippen LogP contribution >= 0.6 is 0 Å². The highest BCUT2D eigenvalue weighted by atomic mass is 32.2. The number of benzene rings is 2. The van der Waals surface area contributed by atoms with Gasteiger partial charge in [-0.1, -0.05) is 18.2 Å². The van der Waals surface area contributed by atoms with Gasteiger partial charge >= 0.3 is 0 Å². The third kappa shape index (κ3) is 4.70. The van der Waals surface area contributed by atoms with Crippen LogP contribution < -0.4 is 9.46 Å². The summed E-state index contributed by atoms with van der Waals surface area (Å²) < 4.78 is 56.5. The van der Waals surface area contributed by atoms with Crippen molar-refractivity contribution in [3.8, 4) is 5.75 Å². The number of anilines is 1. The minimum atomic E-state index is -3.96. The van der Waals surface area contributed by atoms with Gasteiger partial charge in [0.05, 0.1) is 29.2 Å². The molecule has 1 N–H and O–H groups in total. The number of ether oxygens (including phenoxy) is 1. The topological polar surface area (TPSA) is 110 Å². The Kier molecular flexibility index (Phi) is 5.85. The smallest absolute Gasteiger partial charge is 0.262 e. The van der Waals surface area contributed by atoms with E-state index >= 15 is 0 Å². The fourth-order valence-corrected chi connectivity index (χ4v) is 6.07. The molecule has 0 aromatic heterocycles. The van der Waals surface area contributed by atoms with Gasteiger partial charge < -0.3 is 9.64 Å². The van der Waals surface area contributed by atoms with Gasteiger partial charge in [-0.25, -0.2) is 16.8 Å². The SMILES string of the molecule is COc1ccccc1NS(=O)(=O)c1cccc(C(=O)N(C)[C@H]2CCS(=O)(=O)C2)c1. The lowest BCUT2D eigenvalue weighted by Crippen LogP contribution is -2.37. The molecule has 156 valence electrons. The molecule has 0 unspecified atom stereocenters. The lowest BCUT2D eigenvalue weighted by molar-refractivity contribution is 0.0747. The van der Waals surface area contributed by atoms with E-state index in [-0.39, 0.29) is 27.7 Å². The van der Waals surface area contributed by atoms with Crippen molar-refractivity contribution >= 4 is 31.5 Å². The number of para-hydroxylation sites is 2. The van der Waals surface area contributed by atoms with Gasteiger partial charge in [-0.05, 0) is 36.8 Å². The molecule has 3 rings (SSSR count). The molecule has 1 heterocycles. The van der Waals surface area contributed by atoms with Crippen LogP contribution in [0.2, 0.25) is 0 Å². The molecule has 0 saturated carbocycles. The van der Waals surface area contributed by atoms with Gasteiger partial charge in [0.15, 0.2) is 9.84 Å². The summed E-state index contributed by atoms with van der Waals surface area (Å²) in [6.07, 6.45) is 0.373. The second kappa shape index (κ2) is 8.03. The molecule has 1 fully saturated rings. The van der Waals surface area contributed by atoms with Crippen molar-refractivity contribution in [2.45, 2.75) is 17.4 Å². The number of hydrogen-bond donors (Lipinski definition) is 1. The van der Waals surface area contributed by atoms with E-state index in [0.717, 1.165) is 0 Å². The molecule has 0 spiro atoms. The Balaban J connectivity index is 1.84. The van der Waals surface area contributed by atoms with E-state index in [2.05, 4.69) is 4.72 Å².